The zero-order valence-electron chi connectivity index (χ0n) is 15.7. The third-order valence-corrected chi connectivity index (χ3v) is 4.34. The number of benzene rings is 1. The minimum atomic E-state index is -4.78. The zero-order chi connectivity index (χ0) is 23.1. The van der Waals surface area contributed by atoms with E-state index in [4.69, 9.17) is 0 Å². The maximum Gasteiger partial charge on any atom is 0.471 e. The molecule has 1 aromatic carbocycles. The van der Waals surface area contributed by atoms with Crippen LogP contribution in [0.5, 0.6) is 0 Å². The Hall–Kier alpha value is -3.90. The Morgan fingerprint density at radius 1 is 0.938 bits per heavy atom. The molecule has 0 unspecified atom stereocenters. The van der Waals surface area contributed by atoms with Gasteiger partial charge in [-0.2, -0.15) is 31.3 Å². The van der Waals surface area contributed by atoms with Gasteiger partial charge in [0, 0.05) is 24.5 Å². The van der Waals surface area contributed by atoms with Crippen molar-refractivity contribution >= 4 is 11.6 Å². The summed E-state index contributed by atoms with van der Waals surface area (Å²) >= 11 is 0. The molecule has 7 nitrogen and oxygen atoms in total. The largest absolute Gasteiger partial charge is 0.471 e. The quantitative estimate of drug-likeness (QED) is 0.463. The van der Waals surface area contributed by atoms with E-state index in [2.05, 4.69) is 25.0 Å². The minimum absolute atomic E-state index is 0.00171. The average molecular weight is 455 g/mol. The Kier molecular flexibility index (Phi) is 5.11. The summed E-state index contributed by atoms with van der Waals surface area (Å²) in [5.41, 5.74) is 0.180. The summed E-state index contributed by atoms with van der Waals surface area (Å²) in [6.45, 7) is -0.0286. The first-order valence-electron chi connectivity index (χ1n) is 8.85. The number of hydrogen-bond donors (Lipinski definition) is 1. The lowest BCUT2D eigenvalue weighted by molar-refractivity contribution is -0.159. The van der Waals surface area contributed by atoms with Crippen LogP contribution in [-0.2, 0) is 18.9 Å². The Morgan fingerprint density at radius 3 is 2.28 bits per heavy atom. The number of nitrogens with one attached hydrogen (secondary N) is 1. The van der Waals surface area contributed by atoms with Gasteiger partial charge in [-0.25, -0.2) is 4.98 Å². The van der Waals surface area contributed by atoms with Crippen LogP contribution in [0.3, 0.4) is 0 Å². The maximum atomic E-state index is 12.6. The summed E-state index contributed by atoms with van der Waals surface area (Å²) in [5, 5.41) is 5.84. The summed E-state index contributed by atoms with van der Waals surface area (Å²) < 4.78 is 81.3. The number of aromatic nitrogens is 4. The van der Waals surface area contributed by atoms with Crippen molar-refractivity contribution in [1.29, 1.82) is 0 Å². The Morgan fingerprint density at radius 2 is 1.66 bits per heavy atom. The number of halogens is 6. The van der Waals surface area contributed by atoms with Gasteiger partial charge in [-0.1, -0.05) is 17.3 Å². The van der Waals surface area contributed by atoms with Crippen molar-refractivity contribution in [3.8, 4) is 11.4 Å². The monoisotopic (exact) mass is 455 g/mol. The molecule has 0 saturated carbocycles. The summed E-state index contributed by atoms with van der Waals surface area (Å²) in [6.07, 6.45) is -6.51. The van der Waals surface area contributed by atoms with E-state index in [-0.39, 0.29) is 23.6 Å². The number of carbonyl (C=O) groups is 1. The van der Waals surface area contributed by atoms with E-state index >= 15 is 0 Å². The van der Waals surface area contributed by atoms with Gasteiger partial charge in [-0.3, -0.25) is 4.79 Å². The highest BCUT2D eigenvalue weighted by atomic mass is 19.4. The van der Waals surface area contributed by atoms with Gasteiger partial charge in [0.25, 0.3) is 5.91 Å². The first kappa shape index (κ1) is 21.3. The molecule has 166 valence electrons. The molecule has 4 rings (SSSR count). The lowest BCUT2D eigenvalue weighted by atomic mass is 10.1. The molecule has 0 aliphatic rings. The molecule has 0 radical (unpaired) electrons. The molecule has 13 heteroatoms. The van der Waals surface area contributed by atoms with Crippen molar-refractivity contribution in [1.82, 2.24) is 24.8 Å². The lowest BCUT2D eigenvalue weighted by Gasteiger charge is -2.08. The summed E-state index contributed by atoms with van der Waals surface area (Å²) in [4.78, 5) is 19.8. The number of amides is 1. The average Bonchev–Trinajstić information content (AvgIpc) is 3.38. The van der Waals surface area contributed by atoms with E-state index in [1.54, 1.807) is 0 Å². The maximum absolute atomic E-state index is 12.6. The van der Waals surface area contributed by atoms with Crippen molar-refractivity contribution in [2.75, 3.05) is 0 Å². The number of hydrogen-bond acceptors (Lipinski definition) is 5. The van der Waals surface area contributed by atoms with Crippen LogP contribution in [0.2, 0.25) is 0 Å². The van der Waals surface area contributed by atoms with Gasteiger partial charge in [0.15, 0.2) is 0 Å². The lowest BCUT2D eigenvalue weighted by Crippen LogP contribution is -2.23. The van der Waals surface area contributed by atoms with E-state index in [9.17, 15) is 31.1 Å². The number of fused-ring (bicyclic) bond motifs is 1. The predicted molar refractivity (Wildman–Crippen MR) is 96.1 cm³/mol. The fourth-order valence-corrected chi connectivity index (χ4v) is 2.77. The van der Waals surface area contributed by atoms with Gasteiger partial charge < -0.3 is 14.2 Å². The molecular weight excluding hydrogens is 444 g/mol. The second kappa shape index (κ2) is 7.66. The highest BCUT2D eigenvalue weighted by molar-refractivity contribution is 5.92. The molecule has 0 aliphatic heterocycles. The van der Waals surface area contributed by atoms with Crippen molar-refractivity contribution in [2.24, 2.45) is 0 Å². The first-order valence-corrected chi connectivity index (χ1v) is 8.85. The highest BCUT2D eigenvalue weighted by Crippen LogP contribution is 2.30. The summed E-state index contributed by atoms with van der Waals surface area (Å²) in [6, 6.07) is 7.19. The van der Waals surface area contributed by atoms with Crippen molar-refractivity contribution in [2.45, 2.75) is 18.9 Å². The SMILES string of the molecule is O=C(NCc1ccc(C(F)(F)F)cc1)c1cn2cc(-c3noc(C(F)(F)F)n3)ccc2n1. The third kappa shape index (κ3) is 4.40. The molecule has 32 heavy (non-hydrogen) atoms. The van der Waals surface area contributed by atoms with Crippen LogP contribution in [0.15, 0.2) is 53.3 Å². The van der Waals surface area contributed by atoms with Crippen LogP contribution in [-0.4, -0.2) is 25.4 Å². The second-order valence-electron chi connectivity index (χ2n) is 6.61. The third-order valence-electron chi connectivity index (χ3n) is 4.34. The smallest absolute Gasteiger partial charge is 0.347 e. The second-order valence-corrected chi connectivity index (χ2v) is 6.61. The predicted octanol–water partition coefficient (Wildman–Crippen LogP) is 4.35. The van der Waals surface area contributed by atoms with Crippen LogP contribution in [0.25, 0.3) is 17.0 Å². The highest BCUT2D eigenvalue weighted by Gasteiger charge is 2.38. The molecule has 0 aliphatic carbocycles. The van der Waals surface area contributed by atoms with E-state index < -0.39 is 29.7 Å². The Bertz CT molecular complexity index is 1270. The van der Waals surface area contributed by atoms with Gasteiger partial charge in [0.05, 0.1) is 5.56 Å². The number of rotatable bonds is 4. The number of alkyl halides is 6. The fourth-order valence-electron chi connectivity index (χ4n) is 2.77. The normalized spacial score (nSPS) is 12.3. The molecule has 1 N–H and O–H groups in total. The van der Waals surface area contributed by atoms with Crippen LogP contribution in [0.4, 0.5) is 26.3 Å². The van der Waals surface area contributed by atoms with Crippen molar-refractivity contribution in [3.63, 3.8) is 0 Å². The molecule has 0 atom stereocenters. The van der Waals surface area contributed by atoms with E-state index in [1.165, 1.54) is 41.1 Å². The number of carbonyl (C=O) groups excluding carboxylic acids is 1. The zero-order valence-corrected chi connectivity index (χ0v) is 15.7. The minimum Gasteiger partial charge on any atom is -0.347 e. The van der Waals surface area contributed by atoms with Gasteiger partial charge >= 0.3 is 18.2 Å². The van der Waals surface area contributed by atoms with Gasteiger partial charge in [-0.15, -0.1) is 0 Å². The van der Waals surface area contributed by atoms with Crippen LogP contribution >= 0.6 is 0 Å². The van der Waals surface area contributed by atoms with Gasteiger partial charge in [-0.05, 0) is 29.8 Å². The number of imidazole rings is 1. The van der Waals surface area contributed by atoms with Crippen LogP contribution < -0.4 is 5.32 Å². The molecule has 3 aromatic heterocycles. The Labute approximate surface area is 174 Å². The molecule has 1 amide bonds. The van der Waals surface area contributed by atoms with Crippen LogP contribution in [0.1, 0.15) is 27.5 Å². The van der Waals surface area contributed by atoms with Gasteiger partial charge in [0.1, 0.15) is 11.3 Å². The molecule has 0 bridgehead atoms. The van der Waals surface area contributed by atoms with Crippen LogP contribution in [0, 0.1) is 0 Å². The first-order chi connectivity index (χ1) is 15.0. The van der Waals surface area contributed by atoms with Crippen molar-refractivity contribution in [3.05, 3.63) is 71.5 Å². The Balaban J connectivity index is 1.47. The summed E-state index contributed by atoms with van der Waals surface area (Å²) in [5.74, 6) is -2.36. The molecule has 0 saturated heterocycles. The number of nitrogens with zero attached hydrogens (tertiary/aromatic N) is 4. The van der Waals surface area contributed by atoms with E-state index in [0.29, 0.717) is 11.2 Å². The van der Waals surface area contributed by atoms with E-state index in [1.807, 2.05) is 0 Å². The molecular formula is C19H11F6N5O2. The molecule has 0 spiro atoms. The molecule has 4 aromatic rings. The topological polar surface area (TPSA) is 85.3 Å². The molecule has 0 fully saturated rings. The van der Waals surface area contributed by atoms with Crippen molar-refractivity contribution < 1.29 is 35.7 Å². The number of pyridine rings is 1. The molecule has 3 heterocycles. The van der Waals surface area contributed by atoms with Gasteiger partial charge in [0.2, 0.25) is 5.82 Å². The standard InChI is InChI=1S/C19H11F6N5O2/c20-18(21,22)12-4-1-10(2-5-12)7-26-16(31)13-9-30-8-11(3-6-14(30)27-13)15-28-17(32-29-15)19(23,24)25/h1-6,8-9H,7H2,(H,26,31). The summed E-state index contributed by atoms with van der Waals surface area (Å²) in [7, 11) is 0. The van der Waals surface area contributed by atoms with E-state index in [0.717, 1.165) is 12.1 Å². The fraction of sp³-hybridized carbons (Fsp3) is 0.158.